The third kappa shape index (κ3) is 3.21. The van der Waals surface area contributed by atoms with Crippen LogP contribution < -0.4 is 5.32 Å². The lowest BCUT2D eigenvalue weighted by atomic mass is 10.2. The monoisotopic (exact) mass is 323 g/mol. The molecular weight excluding hydrogens is 310 g/mol. The van der Waals surface area contributed by atoms with Gasteiger partial charge in [-0.2, -0.15) is 0 Å². The maximum Gasteiger partial charge on any atom is 0.251 e. The Morgan fingerprint density at radius 2 is 2.00 bits per heavy atom. The van der Waals surface area contributed by atoms with Gasteiger partial charge < -0.3 is 5.32 Å². The highest BCUT2D eigenvalue weighted by Gasteiger charge is 2.07. The average molecular weight is 324 g/mol. The number of rotatable bonds is 4. The number of halogens is 1. The molecule has 94 valence electrons. The van der Waals surface area contributed by atoms with Gasteiger partial charge in [0.25, 0.3) is 5.91 Å². The van der Waals surface area contributed by atoms with Crippen LogP contribution in [0.25, 0.3) is 0 Å². The molecule has 1 aromatic carbocycles. The highest BCUT2D eigenvalue weighted by Crippen LogP contribution is 2.17. The second kappa shape index (κ2) is 6.16. The number of thiophene rings is 1. The molecule has 18 heavy (non-hydrogen) atoms. The highest BCUT2D eigenvalue weighted by molar-refractivity contribution is 9.10. The molecule has 1 heterocycles. The molecule has 0 aliphatic heterocycles. The molecule has 0 fully saturated rings. The number of carbonyl (C=O) groups is 1. The summed E-state index contributed by atoms with van der Waals surface area (Å²) in [5.74, 6) is -0.0297. The first-order valence-corrected chi connectivity index (χ1v) is 7.47. The van der Waals surface area contributed by atoms with Gasteiger partial charge in [-0.3, -0.25) is 4.79 Å². The minimum absolute atomic E-state index is 0.0297. The van der Waals surface area contributed by atoms with E-state index in [-0.39, 0.29) is 5.91 Å². The molecule has 0 saturated carbocycles. The quantitative estimate of drug-likeness (QED) is 0.905. The van der Waals surface area contributed by atoms with Crippen molar-refractivity contribution < 1.29 is 4.79 Å². The van der Waals surface area contributed by atoms with Gasteiger partial charge in [-0.1, -0.05) is 22.9 Å². The van der Waals surface area contributed by atoms with Crippen LogP contribution in [0.3, 0.4) is 0 Å². The number of benzene rings is 1. The van der Waals surface area contributed by atoms with Crippen molar-refractivity contribution in [3.05, 3.63) is 56.2 Å². The molecule has 2 rings (SSSR count). The van der Waals surface area contributed by atoms with E-state index >= 15 is 0 Å². The van der Waals surface area contributed by atoms with Gasteiger partial charge in [0, 0.05) is 14.9 Å². The number of hydrogen-bond acceptors (Lipinski definition) is 2. The SMILES string of the molecule is CCc1ccsc1CNC(=O)c1ccc(Br)cc1. The minimum atomic E-state index is -0.0297. The Morgan fingerprint density at radius 1 is 1.28 bits per heavy atom. The molecule has 0 radical (unpaired) electrons. The van der Waals surface area contributed by atoms with Gasteiger partial charge in [0.15, 0.2) is 0 Å². The lowest BCUT2D eigenvalue weighted by molar-refractivity contribution is 0.0951. The second-order valence-corrected chi connectivity index (χ2v) is 5.83. The summed E-state index contributed by atoms with van der Waals surface area (Å²) in [6, 6.07) is 9.49. The van der Waals surface area contributed by atoms with Crippen LogP contribution in [0.15, 0.2) is 40.2 Å². The minimum Gasteiger partial charge on any atom is -0.347 e. The third-order valence-corrected chi connectivity index (χ3v) is 4.23. The molecule has 2 nitrogen and oxygen atoms in total. The van der Waals surface area contributed by atoms with Crippen LogP contribution in [0.4, 0.5) is 0 Å². The molecule has 0 aliphatic rings. The Bertz CT molecular complexity index is 533. The van der Waals surface area contributed by atoms with Crippen molar-refractivity contribution in [2.24, 2.45) is 0 Å². The van der Waals surface area contributed by atoms with Crippen molar-refractivity contribution in [2.75, 3.05) is 0 Å². The predicted octanol–water partition coefficient (Wildman–Crippen LogP) is 4.00. The van der Waals surface area contributed by atoms with Gasteiger partial charge in [-0.25, -0.2) is 0 Å². The second-order valence-electron chi connectivity index (χ2n) is 3.91. The first kappa shape index (κ1) is 13.3. The van der Waals surface area contributed by atoms with E-state index in [4.69, 9.17) is 0 Å². The van der Waals surface area contributed by atoms with Crippen molar-refractivity contribution in [2.45, 2.75) is 19.9 Å². The van der Waals surface area contributed by atoms with Crippen LogP contribution in [0.2, 0.25) is 0 Å². The summed E-state index contributed by atoms with van der Waals surface area (Å²) >= 11 is 5.05. The molecule has 4 heteroatoms. The maximum atomic E-state index is 11.9. The van der Waals surface area contributed by atoms with Crippen LogP contribution in [-0.4, -0.2) is 5.91 Å². The Labute approximate surface area is 119 Å². The van der Waals surface area contributed by atoms with Gasteiger partial charge in [0.1, 0.15) is 0 Å². The van der Waals surface area contributed by atoms with Gasteiger partial charge >= 0.3 is 0 Å². The van der Waals surface area contributed by atoms with Crippen LogP contribution in [0, 0.1) is 0 Å². The third-order valence-electron chi connectivity index (χ3n) is 2.73. The molecule has 2 aromatic rings. The summed E-state index contributed by atoms with van der Waals surface area (Å²) in [7, 11) is 0. The van der Waals surface area contributed by atoms with E-state index in [9.17, 15) is 4.79 Å². The molecule has 0 spiro atoms. The molecule has 0 unspecified atom stereocenters. The smallest absolute Gasteiger partial charge is 0.251 e. The number of carbonyl (C=O) groups excluding carboxylic acids is 1. The van der Waals surface area contributed by atoms with E-state index in [1.54, 1.807) is 11.3 Å². The largest absolute Gasteiger partial charge is 0.347 e. The maximum absolute atomic E-state index is 11.9. The lowest BCUT2D eigenvalue weighted by Crippen LogP contribution is -2.22. The fourth-order valence-electron chi connectivity index (χ4n) is 1.70. The molecule has 0 saturated heterocycles. The average Bonchev–Trinajstić information content (AvgIpc) is 2.84. The number of nitrogens with one attached hydrogen (secondary N) is 1. The van der Waals surface area contributed by atoms with Gasteiger partial charge in [0.05, 0.1) is 6.54 Å². The van der Waals surface area contributed by atoms with Crippen LogP contribution in [0.5, 0.6) is 0 Å². The molecule has 1 aromatic heterocycles. The summed E-state index contributed by atoms with van der Waals surface area (Å²) in [6.07, 6.45) is 1.01. The van der Waals surface area contributed by atoms with Crippen molar-refractivity contribution in [3.63, 3.8) is 0 Å². The Balaban J connectivity index is 1.98. The van der Waals surface area contributed by atoms with E-state index in [2.05, 4.69) is 39.6 Å². The summed E-state index contributed by atoms with van der Waals surface area (Å²) in [5, 5.41) is 5.02. The molecule has 0 atom stereocenters. The van der Waals surface area contributed by atoms with Gasteiger partial charge in [-0.05, 0) is 47.7 Å². The zero-order valence-corrected chi connectivity index (χ0v) is 12.5. The van der Waals surface area contributed by atoms with E-state index in [0.29, 0.717) is 12.1 Å². The molecular formula is C14H14BrNOS. The van der Waals surface area contributed by atoms with Gasteiger partial charge in [-0.15, -0.1) is 11.3 Å². The van der Waals surface area contributed by atoms with Crippen molar-refractivity contribution in [3.8, 4) is 0 Å². The van der Waals surface area contributed by atoms with Crippen molar-refractivity contribution in [1.29, 1.82) is 0 Å². The summed E-state index contributed by atoms with van der Waals surface area (Å²) < 4.78 is 0.977. The van der Waals surface area contributed by atoms with Crippen LogP contribution in [0.1, 0.15) is 27.7 Å². The molecule has 0 bridgehead atoms. The predicted molar refractivity (Wildman–Crippen MR) is 79.0 cm³/mol. The van der Waals surface area contributed by atoms with Crippen molar-refractivity contribution in [1.82, 2.24) is 5.32 Å². The lowest BCUT2D eigenvalue weighted by Gasteiger charge is -2.05. The zero-order valence-electron chi connectivity index (χ0n) is 10.1. The summed E-state index contributed by atoms with van der Waals surface area (Å²) in [4.78, 5) is 13.2. The summed E-state index contributed by atoms with van der Waals surface area (Å²) in [6.45, 7) is 2.73. The Kier molecular flexibility index (Phi) is 4.55. The van der Waals surface area contributed by atoms with E-state index in [1.165, 1.54) is 10.4 Å². The standard InChI is InChI=1S/C14H14BrNOS/c1-2-10-7-8-18-13(10)9-16-14(17)11-3-5-12(15)6-4-11/h3-8H,2,9H2,1H3,(H,16,17). The first-order chi connectivity index (χ1) is 8.70. The van der Waals surface area contributed by atoms with Crippen LogP contribution >= 0.6 is 27.3 Å². The molecule has 0 aliphatic carbocycles. The Hall–Kier alpha value is -1.13. The normalized spacial score (nSPS) is 10.3. The van der Waals surface area contributed by atoms with Crippen LogP contribution in [-0.2, 0) is 13.0 Å². The van der Waals surface area contributed by atoms with Crippen molar-refractivity contribution >= 4 is 33.2 Å². The first-order valence-electron chi connectivity index (χ1n) is 5.79. The fourth-order valence-corrected chi connectivity index (χ4v) is 2.88. The molecule has 1 N–H and O–H groups in total. The van der Waals surface area contributed by atoms with E-state index in [0.717, 1.165) is 10.9 Å². The fraction of sp³-hybridized carbons (Fsp3) is 0.214. The number of aryl methyl sites for hydroxylation is 1. The number of amides is 1. The zero-order chi connectivity index (χ0) is 13.0. The number of hydrogen-bond donors (Lipinski definition) is 1. The van der Waals surface area contributed by atoms with E-state index in [1.807, 2.05) is 24.3 Å². The van der Waals surface area contributed by atoms with Gasteiger partial charge in [0.2, 0.25) is 0 Å². The highest BCUT2D eigenvalue weighted by atomic mass is 79.9. The van der Waals surface area contributed by atoms with E-state index < -0.39 is 0 Å². The molecule has 1 amide bonds. The topological polar surface area (TPSA) is 29.1 Å². The summed E-state index contributed by atoms with van der Waals surface area (Å²) in [5.41, 5.74) is 2.00. The Morgan fingerprint density at radius 3 is 2.67 bits per heavy atom.